The molecule has 0 saturated heterocycles. The topological polar surface area (TPSA) is 140 Å². The van der Waals surface area contributed by atoms with Crippen molar-refractivity contribution in [1.82, 2.24) is 0 Å². The number of ketones is 1. The summed E-state index contributed by atoms with van der Waals surface area (Å²) in [6, 6.07) is 18.3. The number of nitrogens with two attached hydrogens (primary N) is 1. The van der Waals surface area contributed by atoms with Crippen LogP contribution < -0.4 is 21.1 Å². The number of ether oxygens (including phenoxy) is 2. The Morgan fingerprint density at radius 1 is 1.03 bits per heavy atom. The number of aromatic hydroxyl groups is 1. The Morgan fingerprint density at radius 2 is 1.74 bits per heavy atom. The lowest BCUT2D eigenvalue weighted by molar-refractivity contribution is -0.111. The number of nitrogen functional groups attached to an aromatic ring is 1. The van der Waals surface area contributed by atoms with E-state index < -0.39 is 12.2 Å². The number of rotatable bonds is 11. The van der Waals surface area contributed by atoms with Crippen LogP contribution in [0.25, 0.3) is 0 Å². The van der Waals surface area contributed by atoms with Gasteiger partial charge in [-0.15, -0.1) is 0 Å². The molecule has 2 amide bonds. The molecule has 204 valence electrons. The van der Waals surface area contributed by atoms with Gasteiger partial charge in [0.2, 0.25) is 5.91 Å². The number of hydrogen-bond donors (Lipinski definition) is 4. The largest absolute Gasteiger partial charge is 0.504 e. The van der Waals surface area contributed by atoms with Gasteiger partial charge in [0.1, 0.15) is 6.10 Å². The van der Waals surface area contributed by atoms with Gasteiger partial charge in [0.15, 0.2) is 17.3 Å². The van der Waals surface area contributed by atoms with E-state index in [0.717, 1.165) is 0 Å². The highest BCUT2D eigenvalue weighted by atomic mass is 16.6. The van der Waals surface area contributed by atoms with Crippen molar-refractivity contribution in [1.29, 1.82) is 0 Å². The Labute approximate surface area is 227 Å². The van der Waals surface area contributed by atoms with Crippen LogP contribution in [0.15, 0.2) is 78.9 Å². The van der Waals surface area contributed by atoms with Crippen LogP contribution >= 0.6 is 0 Å². The fraction of sp³-hybridized carbons (Fsp3) is 0.233. The van der Waals surface area contributed by atoms with Crippen molar-refractivity contribution >= 4 is 34.8 Å². The average molecular weight is 532 g/mol. The van der Waals surface area contributed by atoms with Crippen molar-refractivity contribution in [3.63, 3.8) is 0 Å². The summed E-state index contributed by atoms with van der Waals surface area (Å²) in [6.07, 6.45) is 2.90. The predicted molar refractivity (Wildman–Crippen MR) is 151 cm³/mol. The Morgan fingerprint density at radius 3 is 2.38 bits per heavy atom. The number of anilines is 3. The Hall–Kier alpha value is -4.79. The fourth-order valence-corrected chi connectivity index (χ4v) is 3.93. The van der Waals surface area contributed by atoms with Crippen molar-refractivity contribution in [2.75, 3.05) is 23.5 Å². The van der Waals surface area contributed by atoms with Crippen LogP contribution in [0.1, 0.15) is 48.7 Å². The van der Waals surface area contributed by atoms with Crippen molar-refractivity contribution in [2.45, 2.75) is 32.8 Å². The smallest absolute Gasteiger partial charge is 0.412 e. The lowest BCUT2D eigenvalue weighted by Gasteiger charge is -2.25. The molecule has 9 nitrogen and oxygen atoms in total. The molecule has 0 bridgehead atoms. The maximum Gasteiger partial charge on any atom is 0.412 e. The second-order valence-electron chi connectivity index (χ2n) is 9.05. The van der Waals surface area contributed by atoms with E-state index in [-0.39, 0.29) is 23.4 Å². The monoisotopic (exact) mass is 531 g/mol. The molecule has 0 aliphatic heterocycles. The lowest BCUT2D eigenvalue weighted by atomic mass is 9.92. The molecule has 3 aromatic carbocycles. The summed E-state index contributed by atoms with van der Waals surface area (Å²) in [7, 11) is 1.45. The number of methoxy groups -OCH3 is 1. The van der Waals surface area contributed by atoms with Crippen LogP contribution in [0.3, 0.4) is 0 Å². The number of nitrogens with one attached hydrogen (secondary N) is 2. The molecule has 0 spiro atoms. The molecule has 3 aromatic rings. The minimum absolute atomic E-state index is 0.0759. The number of amides is 2. The minimum atomic E-state index is -0.704. The first-order valence-electron chi connectivity index (χ1n) is 12.5. The molecule has 0 aliphatic carbocycles. The zero-order valence-electron chi connectivity index (χ0n) is 22.1. The molecular formula is C30H33N3O6. The zero-order valence-corrected chi connectivity index (χ0v) is 22.1. The number of hydrogen-bond acceptors (Lipinski definition) is 7. The van der Waals surface area contributed by atoms with Crippen LogP contribution in [0.4, 0.5) is 21.9 Å². The number of benzene rings is 3. The van der Waals surface area contributed by atoms with E-state index in [0.29, 0.717) is 46.8 Å². The Bertz CT molecular complexity index is 1340. The number of para-hydroxylation sites is 2. The first kappa shape index (κ1) is 28.8. The van der Waals surface area contributed by atoms with Crippen LogP contribution in [0, 0.1) is 5.92 Å². The number of Topliss-reactive ketones (excluding diaryl/α,β-unsaturated/α-hetero) is 1. The van der Waals surface area contributed by atoms with E-state index in [1.807, 2.05) is 6.92 Å². The molecular weight excluding hydrogens is 498 g/mol. The van der Waals surface area contributed by atoms with Crippen molar-refractivity contribution in [3.8, 4) is 11.5 Å². The summed E-state index contributed by atoms with van der Waals surface area (Å²) in [5, 5.41) is 15.7. The maximum absolute atomic E-state index is 12.8. The first-order chi connectivity index (χ1) is 18.7. The number of phenols is 1. The highest BCUT2D eigenvalue weighted by Crippen LogP contribution is 2.35. The molecule has 5 N–H and O–H groups in total. The third-order valence-electron chi connectivity index (χ3n) is 6.10. The van der Waals surface area contributed by atoms with Crippen LogP contribution in [-0.4, -0.2) is 30.0 Å². The standard InChI is InChI=1S/C30H33N3O6/c1-19(8-4-7-11-28(36)33-25-10-6-5-9-24(25)31)29(22-14-17-27(38-3)26(35)18-22)39-30(37)32-23-15-12-21(13-16-23)20(2)34/h5-7,9-19,29,35H,4,8,31H2,1-3H3,(H,32,37)(H,33,36)/b11-7+/t19-,29+/m1/s1. The number of carbonyl (C=O) groups excluding carboxylic acids is 3. The van der Waals surface area contributed by atoms with Gasteiger partial charge in [-0.1, -0.05) is 31.2 Å². The summed E-state index contributed by atoms with van der Waals surface area (Å²) < 4.78 is 10.9. The van der Waals surface area contributed by atoms with E-state index in [2.05, 4.69) is 10.6 Å². The third-order valence-corrected chi connectivity index (χ3v) is 6.10. The molecule has 0 radical (unpaired) electrons. The highest BCUT2D eigenvalue weighted by molar-refractivity contribution is 6.01. The van der Waals surface area contributed by atoms with E-state index >= 15 is 0 Å². The second-order valence-corrected chi connectivity index (χ2v) is 9.05. The van der Waals surface area contributed by atoms with Crippen molar-refractivity contribution in [3.05, 3.63) is 90.0 Å². The average Bonchev–Trinajstić information content (AvgIpc) is 2.91. The number of carbonyl (C=O) groups is 3. The SMILES string of the molecule is COc1ccc([C@@H](OC(=O)Nc2ccc(C(C)=O)cc2)[C@H](C)CC/C=C/C(=O)Nc2ccccc2N)cc1O. The molecule has 9 heteroatoms. The van der Waals surface area contributed by atoms with Gasteiger partial charge in [-0.25, -0.2) is 4.79 Å². The van der Waals surface area contributed by atoms with E-state index in [4.69, 9.17) is 15.2 Å². The summed E-state index contributed by atoms with van der Waals surface area (Å²) in [4.78, 5) is 36.5. The number of allylic oxidation sites excluding steroid dienone is 1. The van der Waals surface area contributed by atoms with Crippen molar-refractivity contribution < 1.29 is 29.0 Å². The van der Waals surface area contributed by atoms with Crippen LogP contribution in [0.2, 0.25) is 0 Å². The molecule has 0 unspecified atom stereocenters. The fourth-order valence-electron chi connectivity index (χ4n) is 3.93. The highest BCUT2D eigenvalue weighted by Gasteiger charge is 2.25. The van der Waals surface area contributed by atoms with E-state index in [1.54, 1.807) is 66.7 Å². The zero-order chi connectivity index (χ0) is 28.4. The van der Waals surface area contributed by atoms with E-state index in [1.165, 1.54) is 26.2 Å². The normalized spacial score (nSPS) is 12.4. The molecule has 0 aliphatic rings. The molecule has 0 aromatic heterocycles. The van der Waals surface area contributed by atoms with Gasteiger partial charge < -0.3 is 25.6 Å². The quantitative estimate of drug-likeness (QED) is 0.133. The first-order valence-corrected chi connectivity index (χ1v) is 12.5. The third kappa shape index (κ3) is 8.36. The lowest BCUT2D eigenvalue weighted by Crippen LogP contribution is -2.22. The van der Waals surface area contributed by atoms with Gasteiger partial charge in [0.25, 0.3) is 0 Å². The summed E-state index contributed by atoms with van der Waals surface area (Å²) in [5.74, 6) is -0.335. The number of phenolic OH excluding ortho intramolecular Hbond substituents is 1. The Kier molecular flexibility index (Phi) is 10.1. The van der Waals surface area contributed by atoms with Crippen LogP contribution in [0.5, 0.6) is 11.5 Å². The van der Waals surface area contributed by atoms with Gasteiger partial charge in [0, 0.05) is 11.3 Å². The molecule has 2 atom stereocenters. The second kappa shape index (κ2) is 13.7. The van der Waals surface area contributed by atoms with Crippen molar-refractivity contribution in [2.24, 2.45) is 5.92 Å². The maximum atomic E-state index is 12.8. The molecule has 0 heterocycles. The molecule has 0 fully saturated rings. The summed E-state index contributed by atoms with van der Waals surface area (Å²) in [6.45, 7) is 3.38. The molecule has 3 rings (SSSR count). The summed E-state index contributed by atoms with van der Waals surface area (Å²) in [5.41, 5.74) is 8.47. The van der Waals surface area contributed by atoms with Gasteiger partial charge in [-0.05, 0) is 85.9 Å². The Balaban J connectivity index is 1.67. The van der Waals surface area contributed by atoms with Crippen LogP contribution in [-0.2, 0) is 9.53 Å². The molecule has 0 saturated carbocycles. The minimum Gasteiger partial charge on any atom is -0.504 e. The molecule has 39 heavy (non-hydrogen) atoms. The summed E-state index contributed by atoms with van der Waals surface area (Å²) >= 11 is 0. The van der Waals surface area contributed by atoms with Gasteiger partial charge >= 0.3 is 6.09 Å². The van der Waals surface area contributed by atoms with E-state index in [9.17, 15) is 19.5 Å². The van der Waals surface area contributed by atoms with Gasteiger partial charge in [-0.3, -0.25) is 14.9 Å². The van der Waals surface area contributed by atoms with Gasteiger partial charge in [0.05, 0.1) is 18.5 Å². The van der Waals surface area contributed by atoms with Gasteiger partial charge in [-0.2, -0.15) is 0 Å². The predicted octanol–water partition coefficient (Wildman–Crippen LogP) is 6.09.